The van der Waals surface area contributed by atoms with Crippen molar-refractivity contribution in [3.05, 3.63) is 53.5 Å². The van der Waals surface area contributed by atoms with E-state index in [1.165, 1.54) is 17.7 Å². The van der Waals surface area contributed by atoms with Crippen LogP contribution < -0.4 is 10.1 Å². The topological polar surface area (TPSA) is 47.0 Å². The monoisotopic (exact) mass is 269 g/mol. The van der Waals surface area contributed by atoms with Crippen LogP contribution in [0, 0.1) is 0 Å². The number of fused-ring (bicyclic) bond motifs is 1. The van der Waals surface area contributed by atoms with Crippen molar-refractivity contribution in [3.63, 3.8) is 0 Å². The Balaban J connectivity index is 1.73. The molecule has 20 heavy (non-hydrogen) atoms. The third-order valence-electron chi connectivity index (χ3n) is 3.78. The Bertz CT molecular complexity index is 585. The summed E-state index contributed by atoms with van der Waals surface area (Å²) < 4.78 is 5.29. The number of ether oxygens (including phenoxy) is 1. The Morgan fingerprint density at radius 1 is 1.25 bits per heavy atom. The van der Waals surface area contributed by atoms with Crippen LogP contribution in [0.15, 0.2) is 36.7 Å². The molecule has 4 nitrogen and oxygen atoms in total. The molecule has 1 N–H and O–H groups in total. The fourth-order valence-electron chi connectivity index (χ4n) is 2.78. The average Bonchev–Trinajstić information content (AvgIpc) is 2.53. The van der Waals surface area contributed by atoms with Gasteiger partial charge in [-0.05, 0) is 37.0 Å². The first-order valence-electron chi connectivity index (χ1n) is 7.03. The highest BCUT2D eigenvalue weighted by atomic mass is 16.5. The molecule has 4 heteroatoms. The molecule has 0 fully saturated rings. The lowest BCUT2D eigenvalue weighted by Gasteiger charge is -2.25. The average molecular weight is 269 g/mol. The van der Waals surface area contributed by atoms with Crippen LogP contribution in [0.5, 0.6) is 5.88 Å². The lowest BCUT2D eigenvalue weighted by Crippen LogP contribution is -2.26. The predicted molar refractivity (Wildman–Crippen MR) is 77.5 cm³/mol. The van der Waals surface area contributed by atoms with Crippen molar-refractivity contribution in [3.8, 4) is 5.88 Å². The van der Waals surface area contributed by atoms with E-state index in [2.05, 4.69) is 21.4 Å². The number of aryl methyl sites for hydroxylation is 1. The highest BCUT2D eigenvalue weighted by Crippen LogP contribution is 2.28. The molecule has 0 aromatic carbocycles. The van der Waals surface area contributed by atoms with E-state index in [1.54, 1.807) is 13.3 Å². The molecule has 0 amide bonds. The first-order chi connectivity index (χ1) is 9.88. The van der Waals surface area contributed by atoms with Gasteiger partial charge in [-0.1, -0.05) is 12.1 Å². The zero-order valence-corrected chi connectivity index (χ0v) is 11.7. The summed E-state index contributed by atoms with van der Waals surface area (Å²) in [4.78, 5) is 8.77. The van der Waals surface area contributed by atoms with Gasteiger partial charge in [0, 0.05) is 24.5 Å². The van der Waals surface area contributed by atoms with Gasteiger partial charge < -0.3 is 10.1 Å². The molecule has 1 unspecified atom stereocenters. The molecular weight excluding hydrogens is 250 g/mol. The molecule has 2 heterocycles. The van der Waals surface area contributed by atoms with Gasteiger partial charge in [0.2, 0.25) is 5.88 Å². The molecule has 1 aliphatic carbocycles. The number of nitrogens with one attached hydrogen (secondary N) is 1. The lowest BCUT2D eigenvalue weighted by atomic mass is 9.92. The van der Waals surface area contributed by atoms with Gasteiger partial charge in [-0.3, -0.25) is 4.98 Å². The standard InChI is InChI=1S/C16H19N3O/c1-20-16-13(7-4-10-18-16)11-19-14-8-2-5-12-6-3-9-17-15(12)14/h3-4,6-7,9-10,14,19H,2,5,8,11H2,1H3. The smallest absolute Gasteiger partial charge is 0.217 e. The first-order valence-corrected chi connectivity index (χ1v) is 7.03. The van der Waals surface area contributed by atoms with Gasteiger partial charge in [0.15, 0.2) is 0 Å². The van der Waals surface area contributed by atoms with Gasteiger partial charge in [0.1, 0.15) is 0 Å². The number of pyridine rings is 2. The van der Waals surface area contributed by atoms with Crippen molar-refractivity contribution in [2.75, 3.05) is 7.11 Å². The molecule has 0 saturated carbocycles. The van der Waals surface area contributed by atoms with Crippen LogP contribution in [-0.4, -0.2) is 17.1 Å². The fraction of sp³-hybridized carbons (Fsp3) is 0.375. The van der Waals surface area contributed by atoms with Crippen LogP contribution in [0.2, 0.25) is 0 Å². The Kier molecular flexibility index (Phi) is 3.92. The first kappa shape index (κ1) is 13.1. The second-order valence-corrected chi connectivity index (χ2v) is 5.05. The van der Waals surface area contributed by atoms with Crippen molar-refractivity contribution in [1.82, 2.24) is 15.3 Å². The predicted octanol–water partition coefficient (Wildman–Crippen LogP) is 2.65. The van der Waals surface area contributed by atoms with Gasteiger partial charge in [0.25, 0.3) is 0 Å². The minimum atomic E-state index is 0.324. The van der Waals surface area contributed by atoms with E-state index in [-0.39, 0.29) is 0 Å². The molecular formula is C16H19N3O. The van der Waals surface area contributed by atoms with E-state index in [9.17, 15) is 0 Å². The van der Waals surface area contributed by atoms with Crippen LogP contribution >= 0.6 is 0 Å². The Morgan fingerprint density at radius 2 is 2.10 bits per heavy atom. The van der Waals surface area contributed by atoms with Crippen molar-refractivity contribution >= 4 is 0 Å². The lowest BCUT2D eigenvalue weighted by molar-refractivity contribution is 0.384. The van der Waals surface area contributed by atoms with Crippen molar-refractivity contribution < 1.29 is 4.74 Å². The van der Waals surface area contributed by atoms with Crippen molar-refractivity contribution in [1.29, 1.82) is 0 Å². The third-order valence-corrected chi connectivity index (χ3v) is 3.78. The van der Waals surface area contributed by atoms with Gasteiger partial charge >= 0.3 is 0 Å². The van der Waals surface area contributed by atoms with Gasteiger partial charge in [-0.2, -0.15) is 0 Å². The number of methoxy groups -OCH3 is 1. The number of aromatic nitrogens is 2. The summed E-state index contributed by atoms with van der Waals surface area (Å²) >= 11 is 0. The number of hydrogen-bond acceptors (Lipinski definition) is 4. The number of hydrogen-bond donors (Lipinski definition) is 1. The Hall–Kier alpha value is -1.94. The van der Waals surface area contributed by atoms with Crippen LogP contribution in [-0.2, 0) is 13.0 Å². The Morgan fingerprint density at radius 3 is 3.00 bits per heavy atom. The van der Waals surface area contributed by atoms with E-state index < -0.39 is 0 Å². The summed E-state index contributed by atoms with van der Waals surface area (Å²) in [6, 6.07) is 8.50. The summed E-state index contributed by atoms with van der Waals surface area (Å²) in [5.41, 5.74) is 3.65. The number of nitrogens with zero attached hydrogens (tertiary/aromatic N) is 2. The van der Waals surface area contributed by atoms with Gasteiger partial charge in [0.05, 0.1) is 18.8 Å². The van der Waals surface area contributed by atoms with Crippen molar-refractivity contribution in [2.45, 2.75) is 31.8 Å². The summed E-state index contributed by atoms with van der Waals surface area (Å²) in [6.45, 7) is 0.748. The van der Waals surface area contributed by atoms with Crippen LogP contribution in [0.3, 0.4) is 0 Å². The van der Waals surface area contributed by atoms with E-state index in [4.69, 9.17) is 4.74 Å². The molecule has 104 valence electrons. The summed E-state index contributed by atoms with van der Waals surface area (Å²) in [7, 11) is 1.66. The fourth-order valence-corrected chi connectivity index (χ4v) is 2.78. The second kappa shape index (κ2) is 6.01. The summed E-state index contributed by atoms with van der Waals surface area (Å²) in [6.07, 6.45) is 7.11. The molecule has 3 rings (SSSR count). The Labute approximate surface area is 119 Å². The summed E-state index contributed by atoms with van der Waals surface area (Å²) in [5, 5.41) is 3.59. The molecule has 0 bridgehead atoms. The highest BCUT2D eigenvalue weighted by molar-refractivity contribution is 5.27. The second-order valence-electron chi connectivity index (χ2n) is 5.05. The third kappa shape index (κ3) is 2.65. The van der Waals surface area contributed by atoms with E-state index in [0.717, 1.165) is 24.9 Å². The molecule has 0 radical (unpaired) electrons. The largest absolute Gasteiger partial charge is 0.481 e. The zero-order chi connectivity index (χ0) is 13.8. The van der Waals surface area contributed by atoms with E-state index >= 15 is 0 Å². The van der Waals surface area contributed by atoms with Crippen molar-refractivity contribution in [2.24, 2.45) is 0 Å². The maximum atomic E-state index is 5.29. The van der Waals surface area contributed by atoms with Crippen LogP contribution in [0.1, 0.15) is 35.7 Å². The maximum absolute atomic E-state index is 5.29. The highest BCUT2D eigenvalue weighted by Gasteiger charge is 2.20. The minimum Gasteiger partial charge on any atom is -0.481 e. The normalized spacial score (nSPS) is 17.6. The van der Waals surface area contributed by atoms with E-state index in [0.29, 0.717) is 11.9 Å². The molecule has 2 aromatic rings. The minimum absolute atomic E-state index is 0.324. The molecule has 0 spiro atoms. The molecule has 1 atom stereocenters. The zero-order valence-electron chi connectivity index (χ0n) is 11.7. The van der Waals surface area contributed by atoms with Crippen LogP contribution in [0.25, 0.3) is 0 Å². The quantitative estimate of drug-likeness (QED) is 0.927. The summed E-state index contributed by atoms with van der Waals surface area (Å²) in [5.74, 6) is 0.692. The van der Waals surface area contributed by atoms with Gasteiger partial charge in [-0.15, -0.1) is 0 Å². The van der Waals surface area contributed by atoms with Gasteiger partial charge in [-0.25, -0.2) is 4.98 Å². The molecule has 2 aromatic heterocycles. The molecule has 0 saturated heterocycles. The SMILES string of the molecule is COc1ncccc1CNC1CCCc2cccnc21. The van der Waals surface area contributed by atoms with E-state index in [1.807, 2.05) is 24.4 Å². The maximum Gasteiger partial charge on any atom is 0.217 e. The molecule has 0 aliphatic heterocycles. The number of rotatable bonds is 4. The van der Waals surface area contributed by atoms with Crippen LogP contribution in [0.4, 0.5) is 0 Å². The molecule has 1 aliphatic rings.